The molecule has 3 aromatic rings. The normalized spacial score (nSPS) is 12.4. The first-order valence-corrected chi connectivity index (χ1v) is 9.54. The van der Waals surface area contributed by atoms with Crippen LogP contribution in [0.1, 0.15) is 33.2 Å². The summed E-state index contributed by atoms with van der Waals surface area (Å²) in [5, 5.41) is 2.91. The number of fused-ring (bicyclic) bond motifs is 1. The summed E-state index contributed by atoms with van der Waals surface area (Å²) in [6, 6.07) is 16.2. The number of hydrogen-bond donors (Lipinski definition) is 1. The Morgan fingerprint density at radius 2 is 1.93 bits per heavy atom. The molecule has 0 radical (unpaired) electrons. The lowest BCUT2D eigenvalue weighted by Crippen LogP contribution is -2.29. The quantitative estimate of drug-likeness (QED) is 0.720. The topological polar surface area (TPSA) is 71.5 Å². The van der Waals surface area contributed by atoms with E-state index in [-0.39, 0.29) is 11.8 Å². The van der Waals surface area contributed by atoms with Crippen LogP contribution in [0.25, 0.3) is 0 Å². The molecular formula is C23H21N3O3. The molecule has 6 nitrogen and oxygen atoms in total. The Balaban J connectivity index is 1.52. The molecule has 0 unspecified atom stereocenters. The smallest absolute Gasteiger partial charge is 0.259 e. The monoisotopic (exact) mass is 387 g/mol. The summed E-state index contributed by atoms with van der Waals surface area (Å²) in [4.78, 5) is 31.2. The average molecular weight is 387 g/mol. The van der Waals surface area contributed by atoms with Crippen molar-refractivity contribution in [3.05, 3.63) is 83.7 Å². The fourth-order valence-corrected chi connectivity index (χ4v) is 3.39. The number of carbonyl (C=O) groups is 2. The van der Waals surface area contributed by atoms with Crippen LogP contribution in [0.4, 0.5) is 11.4 Å². The van der Waals surface area contributed by atoms with Gasteiger partial charge in [-0.3, -0.25) is 14.6 Å². The number of nitrogens with one attached hydrogen (secondary N) is 1. The fraction of sp³-hybridized carbons (Fsp3) is 0.174. The van der Waals surface area contributed by atoms with Gasteiger partial charge in [-0.1, -0.05) is 6.07 Å². The average Bonchev–Trinajstić information content (AvgIpc) is 3.18. The highest BCUT2D eigenvalue weighted by atomic mass is 16.5. The predicted octanol–water partition coefficient (Wildman–Crippen LogP) is 3.94. The van der Waals surface area contributed by atoms with Gasteiger partial charge in [-0.25, -0.2) is 0 Å². The number of benzene rings is 2. The van der Waals surface area contributed by atoms with Crippen LogP contribution in [0.5, 0.6) is 5.75 Å². The van der Waals surface area contributed by atoms with Gasteiger partial charge in [-0.2, -0.15) is 0 Å². The minimum absolute atomic E-state index is 0.0909. The molecule has 2 aromatic carbocycles. The lowest BCUT2D eigenvalue weighted by atomic mass is 10.1. The lowest BCUT2D eigenvalue weighted by Gasteiger charge is -2.18. The van der Waals surface area contributed by atoms with E-state index in [0.717, 1.165) is 23.4 Å². The van der Waals surface area contributed by atoms with Gasteiger partial charge in [0.2, 0.25) is 0 Å². The fourth-order valence-electron chi connectivity index (χ4n) is 3.39. The highest BCUT2D eigenvalue weighted by Crippen LogP contribution is 2.32. The second-order valence-corrected chi connectivity index (χ2v) is 6.70. The van der Waals surface area contributed by atoms with E-state index in [1.54, 1.807) is 53.7 Å². The van der Waals surface area contributed by atoms with E-state index in [1.165, 1.54) is 0 Å². The van der Waals surface area contributed by atoms with E-state index in [9.17, 15) is 9.59 Å². The molecule has 0 spiro atoms. The third kappa shape index (κ3) is 3.96. The third-order valence-electron chi connectivity index (χ3n) is 4.82. The summed E-state index contributed by atoms with van der Waals surface area (Å²) in [6.07, 6.45) is 4.00. The van der Waals surface area contributed by atoms with Crippen molar-refractivity contribution in [2.75, 3.05) is 23.4 Å². The Labute approximate surface area is 169 Å². The van der Waals surface area contributed by atoms with E-state index in [4.69, 9.17) is 4.74 Å². The molecule has 146 valence electrons. The maximum Gasteiger partial charge on any atom is 0.259 e. The molecule has 0 fully saturated rings. The maximum atomic E-state index is 12.8. The van der Waals surface area contributed by atoms with Crippen LogP contribution in [0.3, 0.4) is 0 Å². The Morgan fingerprint density at radius 1 is 1.10 bits per heavy atom. The lowest BCUT2D eigenvalue weighted by molar-refractivity contribution is 0.0987. The van der Waals surface area contributed by atoms with E-state index in [2.05, 4.69) is 10.3 Å². The van der Waals surface area contributed by atoms with Crippen molar-refractivity contribution >= 4 is 23.2 Å². The summed E-state index contributed by atoms with van der Waals surface area (Å²) < 4.78 is 5.41. The SMILES string of the molecule is CCOc1ccc(C(=O)Nc2ccc3c(c2)N(C(=O)c2cccnc2)CC3)cc1. The standard InChI is InChI=1S/C23H21N3O3/c1-2-29-20-9-6-17(7-10-20)22(27)25-19-8-5-16-11-13-26(21(16)14-19)23(28)18-4-3-12-24-15-18/h3-10,12,14-15H,2,11,13H2,1H3,(H,25,27). The van der Waals surface area contributed by atoms with Gasteiger partial charge in [0.25, 0.3) is 11.8 Å². The first-order valence-electron chi connectivity index (χ1n) is 9.54. The highest BCUT2D eigenvalue weighted by Gasteiger charge is 2.26. The van der Waals surface area contributed by atoms with Crippen LogP contribution < -0.4 is 15.0 Å². The molecule has 4 rings (SSSR count). The summed E-state index contributed by atoms with van der Waals surface area (Å²) in [5.41, 5.74) is 3.64. The Morgan fingerprint density at radius 3 is 2.66 bits per heavy atom. The van der Waals surface area contributed by atoms with Crippen molar-refractivity contribution in [3.8, 4) is 5.75 Å². The van der Waals surface area contributed by atoms with Crippen molar-refractivity contribution in [2.24, 2.45) is 0 Å². The molecule has 0 aliphatic carbocycles. The molecule has 1 N–H and O–H groups in total. The number of pyridine rings is 1. The second kappa shape index (κ2) is 8.14. The van der Waals surface area contributed by atoms with E-state index < -0.39 is 0 Å². The molecule has 1 aliphatic rings. The number of hydrogen-bond acceptors (Lipinski definition) is 4. The van der Waals surface area contributed by atoms with Crippen molar-refractivity contribution in [1.29, 1.82) is 0 Å². The number of amides is 2. The second-order valence-electron chi connectivity index (χ2n) is 6.70. The molecule has 0 saturated carbocycles. The zero-order chi connectivity index (χ0) is 20.2. The summed E-state index contributed by atoms with van der Waals surface area (Å²) >= 11 is 0. The van der Waals surface area contributed by atoms with Crippen LogP contribution in [0.2, 0.25) is 0 Å². The van der Waals surface area contributed by atoms with Crippen LogP contribution >= 0.6 is 0 Å². The van der Waals surface area contributed by atoms with E-state index >= 15 is 0 Å². The number of anilines is 2. The van der Waals surface area contributed by atoms with Crippen LogP contribution in [0.15, 0.2) is 67.0 Å². The molecule has 29 heavy (non-hydrogen) atoms. The zero-order valence-electron chi connectivity index (χ0n) is 16.1. The Kier molecular flexibility index (Phi) is 5.24. The maximum absolute atomic E-state index is 12.8. The van der Waals surface area contributed by atoms with Gasteiger partial charge in [0, 0.05) is 35.9 Å². The highest BCUT2D eigenvalue weighted by molar-refractivity contribution is 6.08. The van der Waals surface area contributed by atoms with Crippen LogP contribution in [-0.4, -0.2) is 29.9 Å². The minimum Gasteiger partial charge on any atom is -0.494 e. The first kappa shape index (κ1) is 18.7. The van der Waals surface area contributed by atoms with Gasteiger partial charge < -0.3 is 15.0 Å². The third-order valence-corrected chi connectivity index (χ3v) is 4.82. The molecule has 0 bridgehead atoms. The number of carbonyl (C=O) groups excluding carboxylic acids is 2. The summed E-state index contributed by atoms with van der Waals surface area (Å²) in [7, 11) is 0. The Hall–Kier alpha value is -3.67. The van der Waals surface area contributed by atoms with Gasteiger partial charge in [0.1, 0.15) is 5.75 Å². The molecule has 6 heteroatoms. The number of nitrogens with zero attached hydrogens (tertiary/aromatic N) is 2. The molecule has 0 saturated heterocycles. The molecular weight excluding hydrogens is 366 g/mol. The number of rotatable bonds is 5. The molecule has 1 aliphatic heterocycles. The molecule has 1 aromatic heterocycles. The summed E-state index contributed by atoms with van der Waals surface area (Å²) in [6.45, 7) is 3.10. The molecule has 0 atom stereocenters. The van der Waals surface area contributed by atoms with Crippen molar-refractivity contribution in [2.45, 2.75) is 13.3 Å². The van der Waals surface area contributed by atoms with Gasteiger partial charge in [0.15, 0.2) is 0 Å². The van der Waals surface area contributed by atoms with Crippen molar-refractivity contribution in [1.82, 2.24) is 4.98 Å². The number of aromatic nitrogens is 1. The van der Waals surface area contributed by atoms with Gasteiger partial charge in [-0.05, 0) is 67.4 Å². The van der Waals surface area contributed by atoms with Crippen LogP contribution in [0, 0.1) is 0 Å². The van der Waals surface area contributed by atoms with E-state index in [1.807, 2.05) is 25.1 Å². The number of ether oxygens (including phenoxy) is 1. The Bertz CT molecular complexity index is 1030. The largest absolute Gasteiger partial charge is 0.494 e. The minimum atomic E-state index is -0.212. The molecule has 2 heterocycles. The predicted molar refractivity (Wildman–Crippen MR) is 112 cm³/mol. The van der Waals surface area contributed by atoms with Gasteiger partial charge in [0.05, 0.1) is 12.2 Å². The first-order chi connectivity index (χ1) is 14.2. The van der Waals surface area contributed by atoms with Crippen LogP contribution in [-0.2, 0) is 6.42 Å². The van der Waals surface area contributed by atoms with E-state index in [0.29, 0.717) is 30.0 Å². The van der Waals surface area contributed by atoms with Gasteiger partial charge in [-0.15, -0.1) is 0 Å². The van der Waals surface area contributed by atoms with Crippen molar-refractivity contribution < 1.29 is 14.3 Å². The zero-order valence-corrected chi connectivity index (χ0v) is 16.1. The summed E-state index contributed by atoms with van der Waals surface area (Å²) in [5.74, 6) is 0.425. The van der Waals surface area contributed by atoms with Crippen molar-refractivity contribution in [3.63, 3.8) is 0 Å². The molecule has 2 amide bonds. The van der Waals surface area contributed by atoms with Gasteiger partial charge >= 0.3 is 0 Å².